The van der Waals surface area contributed by atoms with Crippen LogP contribution in [-0.2, 0) is 16.6 Å². The van der Waals surface area contributed by atoms with E-state index >= 15 is 0 Å². The third kappa shape index (κ3) is 5.73. The van der Waals surface area contributed by atoms with Crippen LogP contribution in [0.15, 0.2) is 23.1 Å². The Morgan fingerprint density at radius 1 is 1.24 bits per heavy atom. The molecule has 1 unspecified atom stereocenters. The van der Waals surface area contributed by atoms with Crippen LogP contribution in [0.5, 0.6) is 0 Å². The summed E-state index contributed by atoms with van der Waals surface area (Å²) < 4.78 is 40.9. The number of benzene rings is 1. The molecular formula is C15H25FN2O2S. The Kier molecular flexibility index (Phi) is 6.77. The van der Waals surface area contributed by atoms with E-state index in [2.05, 4.69) is 10.0 Å². The Balaban J connectivity index is 3.05. The quantitative estimate of drug-likeness (QED) is 0.775. The van der Waals surface area contributed by atoms with Gasteiger partial charge in [0, 0.05) is 18.6 Å². The van der Waals surface area contributed by atoms with Crippen molar-refractivity contribution in [3.63, 3.8) is 0 Å². The minimum Gasteiger partial charge on any atom is -0.310 e. The summed E-state index contributed by atoms with van der Waals surface area (Å²) in [6, 6.07) is 3.93. The molecule has 0 radical (unpaired) electrons. The predicted octanol–water partition coefficient (Wildman–Crippen LogP) is 2.79. The van der Waals surface area contributed by atoms with E-state index in [-0.39, 0.29) is 17.0 Å². The van der Waals surface area contributed by atoms with E-state index in [4.69, 9.17) is 0 Å². The highest BCUT2D eigenvalue weighted by Crippen LogP contribution is 2.18. The van der Waals surface area contributed by atoms with Crippen molar-refractivity contribution in [3.8, 4) is 0 Å². The van der Waals surface area contributed by atoms with E-state index < -0.39 is 15.8 Å². The molecule has 0 spiro atoms. The molecule has 0 amide bonds. The van der Waals surface area contributed by atoms with Crippen LogP contribution in [0.25, 0.3) is 0 Å². The molecule has 1 atom stereocenters. The third-order valence-corrected chi connectivity index (χ3v) is 4.77. The second-order valence-corrected chi connectivity index (χ2v) is 7.28. The van der Waals surface area contributed by atoms with Crippen LogP contribution < -0.4 is 10.0 Å². The molecule has 0 heterocycles. The molecule has 21 heavy (non-hydrogen) atoms. The first-order valence-electron chi connectivity index (χ1n) is 7.30. The summed E-state index contributed by atoms with van der Waals surface area (Å²) in [7, 11) is -3.71. The van der Waals surface area contributed by atoms with Gasteiger partial charge in [0.15, 0.2) is 0 Å². The summed E-state index contributed by atoms with van der Waals surface area (Å²) in [5.41, 5.74) is 0.571. The fourth-order valence-corrected chi connectivity index (χ4v) is 3.59. The maximum atomic E-state index is 13.4. The Hall–Kier alpha value is -0.980. The van der Waals surface area contributed by atoms with Gasteiger partial charge in [-0.1, -0.05) is 33.3 Å². The first-order valence-corrected chi connectivity index (χ1v) is 8.78. The molecule has 0 aromatic heterocycles. The smallest absolute Gasteiger partial charge is 0.241 e. The number of rotatable bonds is 8. The van der Waals surface area contributed by atoms with Gasteiger partial charge in [-0.25, -0.2) is 17.5 Å². The minimum atomic E-state index is -3.71. The monoisotopic (exact) mass is 316 g/mol. The molecule has 0 saturated heterocycles. The molecule has 0 bridgehead atoms. The van der Waals surface area contributed by atoms with Crippen LogP contribution in [0.2, 0.25) is 0 Å². The summed E-state index contributed by atoms with van der Waals surface area (Å²) in [4.78, 5) is 0.0126. The van der Waals surface area contributed by atoms with Crippen molar-refractivity contribution in [2.24, 2.45) is 0 Å². The highest BCUT2D eigenvalue weighted by atomic mass is 32.2. The normalized spacial score (nSPS) is 13.6. The molecule has 0 fully saturated rings. The molecule has 0 aliphatic carbocycles. The number of halogens is 1. The number of hydrogen-bond donors (Lipinski definition) is 2. The molecule has 0 aliphatic rings. The van der Waals surface area contributed by atoms with Gasteiger partial charge in [-0.2, -0.15) is 0 Å². The van der Waals surface area contributed by atoms with E-state index in [9.17, 15) is 12.8 Å². The summed E-state index contributed by atoms with van der Waals surface area (Å²) in [5, 5.41) is 3.16. The average molecular weight is 316 g/mol. The molecule has 6 heteroatoms. The summed E-state index contributed by atoms with van der Waals surface area (Å²) in [5.74, 6) is -0.549. The van der Waals surface area contributed by atoms with E-state index in [0.717, 1.165) is 18.9 Å². The lowest BCUT2D eigenvalue weighted by molar-refractivity contribution is 0.537. The van der Waals surface area contributed by atoms with Crippen LogP contribution in [0.1, 0.15) is 46.1 Å². The number of sulfonamides is 1. The van der Waals surface area contributed by atoms with Crippen molar-refractivity contribution in [2.45, 2.75) is 64.1 Å². The maximum absolute atomic E-state index is 13.4. The zero-order valence-electron chi connectivity index (χ0n) is 13.1. The molecule has 1 aromatic carbocycles. The fraction of sp³-hybridized carbons (Fsp3) is 0.600. The number of hydrogen-bond acceptors (Lipinski definition) is 3. The highest BCUT2D eigenvalue weighted by molar-refractivity contribution is 7.89. The average Bonchev–Trinajstić information content (AvgIpc) is 2.36. The van der Waals surface area contributed by atoms with Gasteiger partial charge in [0.1, 0.15) is 5.82 Å². The first-order chi connectivity index (χ1) is 9.76. The van der Waals surface area contributed by atoms with Crippen molar-refractivity contribution in [3.05, 3.63) is 29.6 Å². The molecule has 0 aliphatic heterocycles. The molecule has 0 saturated carbocycles. The molecule has 120 valence electrons. The maximum Gasteiger partial charge on any atom is 0.241 e. The van der Waals surface area contributed by atoms with Gasteiger partial charge in [0.05, 0.1) is 4.90 Å². The highest BCUT2D eigenvalue weighted by Gasteiger charge is 2.21. The van der Waals surface area contributed by atoms with Crippen molar-refractivity contribution in [2.75, 3.05) is 0 Å². The van der Waals surface area contributed by atoms with Crippen LogP contribution in [-0.4, -0.2) is 20.5 Å². The van der Waals surface area contributed by atoms with E-state index in [1.807, 2.05) is 27.7 Å². The summed E-state index contributed by atoms with van der Waals surface area (Å²) >= 11 is 0. The van der Waals surface area contributed by atoms with Crippen molar-refractivity contribution in [1.82, 2.24) is 10.0 Å². The van der Waals surface area contributed by atoms with Crippen molar-refractivity contribution >= 4 is 10.0 Å². The van der Waals surface area contributed by atoms with Crippen molar-refractivity contribution in [1.29, 1.82) is 0 Å². The van der Waals surface area contributed by atoms with Crippen LogP contribution in [0.4, 0.5) is 4.39 Å². The zero-order valence-corrected chi connectivity index (χ0v) is 13.9. The fourth-order valence-electron chi connectivity index (χ4n) is 2.06. The lowest BCUT2D eigenvalue weighted by atomic mass is 10.2. The van der Waals surface area contributed by atoms with E-state index in [1.165, 1.54) is 12.1 Å². The van der Waals surface area contributed by atoms with E-state index in [0.29, 0.717) is 12.1 Å². The summed E-state index contributed by atoms with van der Waals surface area (Å²) in [6.45, 7) is 8.13. The van der Waals surface area contributed by atoms with E-state index in [1.54, 1.807) is 0 Å². The SMILES string of the molecule is CCCC(C)NS(=O)(=O)c1cc(F)ccc1CNC(C)C. The Morgan fingerprint density at radius 2 is 1.90 bits per heavy atom. The van der Waals surface area contributed by atoms with Gasteiger partial charge in [-0.05, 0) is 31.0 Å². The van der Waals surface area contributed by atoms with Gasteiger partial charge in [0.25, 0.3) is 0 Å². The van der Waals surface area contributed by atoms with Crippen LogP contribution >= 0.6 is 0 Å². The number of nitrogens with one attached hydrogen (secondary N) is 2. The Labute approximate surface area is 127 Å². The lowest BCUT2D eigenvalue weighted by Crippen LogP contribution is -2.33. The summed E-state index contributed by atoms with van der Waals surface area (Å²) in [6.07, 6.45) is 1.63. The van der Waals surface area contributed by atoms with Crippen molar-refractivity contribution < 1.29 is 12.8 Å². The minimum absolute atomic E-state index is 0.0126. The third-order valence-electron chi connectivity index (χ3n) is 3.10. The van der Waals surface area contributed by atoms with Gasteiger partial charge < -0.3 is 5.32 Å². The molecule has 1 rings (SSSR count). The Morgan fingerprint density at radius 3 is 2.48 bits per heavy atom. The van der Waals surface area contributed by atoms with Crippen LogP contribution in [0, 0.1) is 5.82 Å². The first kappa shape index (κ1) is 18.1. The van der Waals surface area contributed by atoms with Crippen LogP contribution in [0.3, 0.4) is 0 Å². The molecular weight excluding hydrogens is 291 g/mol. The largest absolute Gasteiger partial charge is 0.310 e. The zero-order chi connectivity index (χ0) is 16.0. The standard InChI is InChI=1S/C15H25FN2O2S/c1-5-6-12(4)18-21(19,20)15-9-14(16)8-7-13(15)10-17-11(2)3/h7-9,11-12,17-18H,5-6,10H2,1-4H3. The predicted molar refractivity (Wildman–Crippen MR) is 83.1 cm³/mol. The topological polar surface area (TPSA) is 58.2 Å². The Bertz CT molecular complexity index is 559. The van der Waals surface area contributed by atoms with Gasteiger partial charge in [-0.3, -0.25) is 0 Å². The lowest BCUT2D eigenvalue weighted by Gasteiger charge is -2.17. The second kappa shape index (κ2) is 7.87. The molecule has 4 nitrogen and oxygen atoms in total. The van der Waals surface area contributed by atoms with Gasteiger partial charge in [0.2, 0.25) is 10.0 Å². The molecule has 2 N–H and O–H groups in total. The second-order valence-electron chi connectivity index (χ2n) is 5.60. The van der Waals surface area contributed by atoms with Gasteiger partial charge >= 0.3 is 0 Å². The van der Waals surface area contributed by atoms with Gasteiger partial charge in [-0.15, -0.1) is 0 Å². The molecule has 1 aromatic rings.